The molecule has 0 aliphatic heterocycles. The van der Waals surface area contributed by atoms with Crippen molar-refractivity contribution in [3.8, 4) is 22.4 Å². The quantitative estimate of drug-likeness (QED) is 0.795. The predicted molar refractivity (Wildman–Crippen MR) is 90.8 cm³/mol. The molecule has 24 heavy (non-hydrogen) atoms. The second-order valence-corrected chi connectivity index (χ2v) is 5.36. The van der Waals surface area contributed by atoms with Gasteiger partial charge in [0.25, 0.3) is 0 Å². The van der Waals surface area contributed by atoms with Gasteiger partial charge < -0.3 is 5.32 Å². The van der Waals surface area contributed by atoms with E-state index >= 15 is 0 Å². The zero-order valence-electron chi connectivity index (χ0n) is 13.5. The molecular weight excluding hydrogens is 307 g/mol. The van der Waals surface area contributed by atoms with Crippen LogP contribution in [0.2, 0.25) is 0 Å². The minimum atomic E-state index is -0.285. The number of pyridine rings is 1. The third kappa shape index (κ3) is 3.32. The Labute approximate surface area is 139 Å². The molecule has 2 heterocycles. The van der Waals surface area contributed by atoms with Crippen LogP contribution >= 0.6 is 0 Å². The highest BCUT2D eigenvalue weighted by Gasteiger charge is 2.14. The smallest absolute Gasteiger partial charge is 0.222 e. The highest BCUT2D eigenvalue weighted by molar-refractivity contribution is 5.89. The average Bonchev–Trinajstić information content (AvgIpc) is 2.99. The number of rotatable bonds is 4. The summed E-state index contributed by atoms with van der Waals surface area (Å²) in [5.41, 5.74) is 3.37. The van der Waals surface area contributed by atoms with E-state index < -0.39 is 0 Å². The standard InChI is InChI=1S/C18H17FN4O/c1-3-23-11-16(14-8-9-20-17(10-14)21-12(2)24)18(22-23)13-4-6-15(19)7-5-13/h4-11H,3H2,1-2H3,(H,20,21,24). The summed E-state index contributed by atoms with van der Waals surface area (Å²) in [4.78, 5) is 15.4. The van der Waals surface area contributed by atoms with Crippen molar-refractivity contribution in [1.82, 2.24) is 14.8 Å². The number of aryl methyl sites for hydroxylation is 1. The molecule has 1 aromatic carbocycles. The Morgan fingerprint density at radius 2 is 1.96 bits per heavy atom. The minimum absolute atomic E-state index is 0.178. The fourth-order valence-corrected chi connectivity index (χ4v) is 2.46. The lowest BCUT2D eigenvalue weighted by molar-refractivity contribution is -0.114. The first-order valence-corrected chi connectivity index (χ1v) is 7.64. The van der Waals surface area contributed by atoms with Gasteiger partial charge in [0, 0.05) is 37.0 Å². The summed E-state index contributed by atoms with van der Waals surface area (Å²) in [5.74, 6) is 0.0176. The van der Waals surface area contributed by atoms with E-state index in [0.29, 0.717) is 5.82 Å². The first-order valence-electron chi connectivity index (χ1n) is 7.64. The van der Waals surface area contributed by atoms with Crippen LogP contribution in [0.25, 0.3) is 22.4 Å². The highest BCUT2D eigenvalue weighted by Crippen LogP contribution is 2.32. The molecule has 0 bridgehead atoms. The summed E-state index contributed by atoms with van der Waals surface area (Å²) < 4.78 is 15.0. The third-order valence-electron chi connectivity index (χ3n) is 3.58. The number of benzene rings is 1. The monoisotopic (exact) mass is 324 g/mol. The predicted octanol–water partition coefficient (Wildman–Crippen LogP) is 3.73. The second kappa shape index (κ2) is 6.62. The van der Waals surface area contributed by atoms with E-state index in [-0.39, 0.29) is 11.7 Å². The van der Waals surface area contributed by atoms with Gasteiger partial charge in [-0.2, -0.15) is 5.10 Å². The number of nitrogens with zero attached hydrogens (tertiary/aromatic N) is 3. The summed E-state index contributed by atoms with van der Waals surface area (Å²) in [6.45, 7) is 4.16. The normalized spacial score (nSPS) is 10.6. The van der Waals surface area contributed by atoms with Crippen molar-refractivity contribution in [3.63, 3.8) is 0 Å². The SMILES string of the molecule is CCn1cc(-c2ccnc(NC(C)=O)c2)c(-c2ccc(F)cc2)n1. The number of aromatic nitrogens is 3. The highest BCUT2D eigenvalue weighted by atomic mass is 19.1. The molecule has 0 aliphatic rings. The van der Waals surface area contributed by atoms with Crippen molar-refractivity contribution in [3.05, 3.63) is 54.6 Å². The lowest BCUT2D eigenvalue weighted by atomic mass is 10.0. The molecule has 5 nitrogen and oxygen atoms in total. The molecule has 3 aromatic rings. The first-order chi connectivity index (χ1) is 11.6. The van der Waals surface area contributed by atoms with Crippen molar-refractivity contribution in [2.45, 2.75) is 20.4 Å². The van der Waals surface area contributed by atoms with Crippen LogP contribution in [0, 0.1) is 5.82 Å². The van der Waals surface area contributed by atoms with Crippen LogP contribution < -0.4 is 5.32 Å². The van der Waals surface area contributed by atoms with E-state index in [4.69, 9.17) is 0 Å². The number of hydrogen-bond acceptors (Lipinski definition) is 3. The van der Waals surface area contributed by atoms with Crippen LogP contribution in [0.5, 0.6) is 0 Å². The largest absolute Gasteiger partial charge is 0.311 e. The fourth-order valence-electron chi connectivity index (χ4n) is 2.46. The Morgan fingerprint density at radius 1 is 1.21 bits per heavy atom. The molecule has 3 rings (SSSR count). The lowest BCUT2D eigenvalue weighted by Gasteiger charge is -2.05. The topological polar surface area (TPSA) is 59.8 Å². The molecule has 0 radical (unpaired) electrons. The molecule has 0 fully saturated rings. The molecule has 0 saturated heterocycles. The molecule has 0 atom stereocenters. The minimum Gasteiger partial charge on any atom is -0.311 e. The maximum absolute atomic E-state index is 13.2. The number of nitrogens with one attached hydrogen (secondary N) is 1. The van der Waals surface area contributed by atoms with Gasteiger partial charge in [0.05, 0.1) is 0 Å². The van der Waals surface area contributed by atoms with Crippen LogP contribution in [0.4, 0.5) is 10.2 Å². The Balaban J connectivity index is 2.09. The number of carbonyl (C=O) groups is 1. The van der Waals surface area contributed by atoms with Gasteiger partial charge in [0.15, 0.2) is 0 Å². The number of carbonyl (C=O) groups excluding carboxylic acids is 1. The van der Waals surface area contributed by atoms with Crippen molar-refractivity contribution >= 4 is 11.7 Å². The summed E-state index contributed by atoms with van der Waals surface area (Å²) in [6.07, 6.45) is 3.57. The van der Waals surface area contributed by atoms with Crippen LogP contribution in [0.15, 0.2) is 48.8 Å². The van der Waals surface area contributed by atoms with Crippen LogP contribution in [-0.2, 0) is 11.3 Å². The molecular formula is C18H17FN4O. The molecule has 0 unspecified atom stereocenters. The van der Waals surface area contributed by atoms with Gasteiger partial charge in [-0.15, -0.1) is 0 Å². The Morgan fingerprint density at radius 3 is 2.62 bits per heavy atom. The number of amides is 1. The summed E-state index contributed by atoms with van der Waals surface area (Å²) in [7, 11) is 0. The van der Waals surface area contributed by atoms with Gasteiger partial charge in [0.1, 0.15) is 17.3 Å². The molecule has 6 heteroatoms. The van der Waals surface area contributed by atoms with Crippen molar-refractivity contribution in [2.75, 3.05) is 5.32 Å². The van der Waals surface area contributed by atoms with Crippen LogP contribution in [0.1, 0.15) is 13.8 Å². The van der Waals surface area contributed by atoms with Gasteiger partial charge in [0.2, 0.25) is 5.91 Å². The van der Waals surface area contributed by atoms with E-state index in [0.717, 1.165) is 28.9 Å². The maximum Gasteiger partial charge on any atom is 0.222 e. The molecule has 122 valence electrons. The van der Waals surface area contributed by atoms with E-state index in [1.165, 1.54) is 19.1 Å². The van der Waals surface area contributed by atoms with Crippen molar-refractivity contribution < 1.29 is 9.18 Å². The van der Waals surface area contributed by atoms with Gasteiger partial charge in [-0.05, 0) is 48.9 Å². The zero-order valence-corrected chi connectivity index (χ0v) is 13.5. The maximum atomic E-state index is 13.2. The van der Waals surface area contributed by atoms with E-state index in [2.05, 4.69) is 15.4 Å². The molecule has 1 N–H and O–H groups in total. The van der Waals surface area contributed by atoms with Gasteiger partial charge >= 0.3 is 0 Å². The van der Waals surface area contributed by atoms with Crippen molar-refractivity contribution in [2.24, 2.45) is 0 Å². The molecule has 0 spiro atoms. The van der Waals surface area contributed by atoms with E-state index in [9.17, 15) is 9.18 Å². The summed E-state index contributed by atoms with van der Waals surface area (Å²) >= 11 is 0. The van der Waals surface area contributed by atoms with Gasteiger partial charge in [-0.1, -0.05) is 0 Å². The Kier molecular flexibility index (Phi) is 4.37. The molecule has 1 amide bonds. The summed E-state index contributed by atoms with van der Waals surface area (Å²) in [5, 5.41) is 7.26. The van der Waals surface area contributed by atoms with E-state index in [1.807, 2.05) is 23.9 Å². The Bertz CT molecular complexity index is 871. The third-order valence-corrected chi connectivity index (χ3v) is 3.58. The zero-order chi connectivity index (χ0) is 17.1. The first kappa shape index (κ1) is 15.9. The molecule has 0 saturated carbocycles. The number of halogens is 1. The Hall–Kier alpha value is -3.02. The van der Waals surface area contributed by atoms with Crippen molar-refractivity contribution in [1.29, 1.82) is 0 Å². The summed E-state index contributed by atoms with van der Waals surface area (Å²) in [6, 6.07) is 9.90. The second-order valence-electron chi connectivity index (χ2n) is 5.36. The van der Waals surface area contributed by atoms with E-state index in [1.54, 1.807) is 24.4 Å². The fraction of sp³-hybridized carbons (Fsp3) is 0.167. The number of hydrogen-bond donors (Lipinski definition) is 1. The van der Waals surface area contributed by atoms with Crippen LogP contribution in [0.3, 0.4) is 0 Å². The van der Waals surface area contributed by atoms with Gasteiger partial charge in [-0.25, -0.2) is 9.37 Å². The van der Waals surface area contributed by atoms with Crippen LogP contribution in [-0.4, -0.2) is 20.7 Å². The average molecular weight is 324 g/mol. The molecule has 2 aromatic heterocycles. The number of anilines is 1. The molecule has 0 aliphatic carbocycles. The lowest BCUT2D eigenvalue weighted by Crippen LogP contribution is -2.07. The van der Waals surface area contributed by atoms with Gasteiger partial charge in [-0.3, -0.25) is 9.48 Å².